The lowest BCUT2D eigenvalue weighted by molar-refractivity contribution is -0.220. The number of allylic oxidation sites excluding steroid dienone is 4. The maximum Gasteiger partial charge on any atom is 0.472 e. The molecule has 0 aliphatic heterocycles. The molecule has 1 rings (SSSR count). The number of phosphoric ester groups is 1. The fraction of sp³-hybridized carbons (Fsp3) is 0.875. The first-order chi connectivity index (χ1) is 25.5. The van der Waals surface area contributed by atoms with Crippen molar-refractivity contribution < 1.29 is 58.3 Å². The van der Waals surface area contributed by atoms with Crippen molar-refractivity contribution in [3.05, 3.63) is 24.3 Å². The molecule has 0 aromatic heterocycles. The summed E-state index contributed by atoms with van der Waals surface area (Å²) in [7, 11) is -5.01. The van der Waals surface area contributed by atoms with Crippen LogP contribution in [0.1, 0.15) is 162 Å². The largest absolute Gasteiger partial charge is 0.472 e. The number of hydrogen-bond acceptors (Lipinski definition) is 11. The summed E-state index contributed by atoms with van der Waals surface area (Å²) in [5, 5.41) is 50.0. The molecule has 13 heteroatoms. The number of esters is 1. The van der Waals surface area contributed by atoms with Gasteiger partial charge in [0.2, 0.25) is 0 Å². The molecule has 12 nitrogen and oxygen atoms in total. The monoisotopic (exact) mass is 778 g/mol. The number of carbonyl (C=O) groups excluding carboxylic acids is 1. The van der Waals surface area contributed by atoms with Crippen molar-refractivity contribution in [3.63, 3.8) is 0 Å². The van der Waals surface area contributed by atoms with E-state index in [1.807, 2.05) is 0 Å². The molecule has 0 aromatic carbocycles. The van der Waals surface area contributed by atoms with E-state index in [0.717, 1.165) is 64.2 Å². The predicted molar refractivity (Wildman–Crippen MR) is 207 cm³/mol. The summed E-state index contributed by atoms with van der Waals surface area (Å²) >= 11 is 0. The summed E-state index contributed by atoms with van der Waals surface area (Å²) in [5.41, 5.74) is 0. The number of unbranched alkanes of at least 4 members (excludes halogenated alkanes) is 18. The van der Waals surface area contributed by atoms with Gasteiger partial charge < -0.3 is 39.9 Å². The quantitative estimate of drug-likeness (QED) is 0.0165. The molecule has 0 radical (unpaired) electrons. The number of hydrogen-bond donors (Lipinski definition) is 6. The summed E-state index contributed by atoms with van der Waals surface area (Å²) in [4.78, 5) is 23.0. The molecule has 0 aromatic rings. The third kappa shape index (κ3) is 24.8. The molecule has 6 N–H and O–H groups in total. The van der Waals surface area contributed by atoms with E-state index in [4.69, 9.17) is 18.5 Å². The Labute approximate surface area is 320 Å². The molecule has 53 heavy (non-hydrogen) atoms. The van der Waals surface area contributed by atoms with Crippen LogP contribution in [-0.2, 0) is 27.9 Å². The third-order valence-electron chi connectivity index (χ3n) is 9.58. The molecule has 0 bridgehead atoms. The van der Waals surface area contributed by atoms with Gasteiger partial charge in [-0.15, -0.1) is 0 Å². The minimum Gasteiger partial charge on any atom is -0.457 e. The highest BCUT2D eigenvalue weighted by Gasteiger charge is 2.51. The van der Waals surface area contributed by atoms with Crippen LogP contribution in [0.15, 0.2) is 24.3 Å². The van der Waals surface area contributed by atoms with E-state index in [1.165, 1.54) is 70.6 Å². The summed E-state index contributed by atoms with van der Waals surface area (Å²) in [5.74, 6) is -0.491. The summed E-state index contributed by atoms with van der Waals surface area (Å²) in [6, 6.07) is 0. The van der Waals surface area contributed by atoms with Crippen molar-refractivity contribution in [1.29, 1.82) is 0 Å². The molecule has 1 fully saturated rings. The van der Waals surface area contributed by atoms with Crippen molar-refractivity contribution >= 4 is 13.8 Å². The van der Waals surface area contributed by atoms with E-state index in [2.05, 4.69) is 38.2 Å². The van der Waals surface area contributed by atoms with Crippen molar-refractivity contribution in [2.75, 3.05) is 19.8 Å². The van der Waals surface area contributed by atoms with Gasteiger partial charge in [-0.3, -0.25) is 13.8 Å². The van der Waals surface area contributed by atoms with Crippen LogP contribution in [0.5, 0.6) is 0 Å². The first-order valence-electron chi connectivity index (χ1n) is 20.7. The molecule has 1 saturated carbocycles. The highest BCUT2D eigenvalue weighted by Crippen LogP contribution is 2.47. The zero-order valence-corrected chi connectivity index (χ0v) is 33.7. The van der Waals surface area contributed by atoms with E-state index < -0.39 is 63.1 Å². The van der Waals surface area contributed by atoms with E-state index in [-0.39, 0.29) is 13.0 Å². The third-order valence-corrected chi connectivity index (χ3v) is 10.6. The van der Waals surface area contributed by atoms with Crippen molar-refractivity contribution in [1.82, 2.24) is 0 Å². The lowest BCUT2D eigenvalue weighted by Crippen LogP contribution is -2.64. The Morgan fingerprint density at radius 3 is 1.60 bits per heavy atom. The first kappa shape index (κ1) is 49.8. The Hall–Kier alpha value is -1.18. The van der Waals surface area contributed by atoms with Gasteiger partial charge in [-0.1, -0.05) is 134 Å². The zero-order chi connectivity index (χ0) is 39.2. The standard InChI is InChI=1S/C40H75O12P/c1-3-5-7-9-11-13-15-16-17-18-19-20-21-23-25-27-29-34(41)51-33(31-49-30-28-26-24-22-14-12-10-8-6-4-2)32-50-53(47,48)52-40-38(45)36(43)35(42)37(44)39(40)46/h13,15,17-18,33,35-40,42-46H,3-12,14,16,19-32H2,1-2H3,(H,47,48)/b15-13-,18-17-. The van der Waals surface area contributed by atoms with Crippen LogP contribution < -0.4 is 0 Å². The minimum absolute atomic E-state index is 0.0796. The second kappa shape index (κ2) is 32.0. The molecule has 0 amide bonds. The van der Waals surface area contributed by atoms with E-state index in [1.54, 1.807) is 0 Å². The van der Waals surface area contributed by atoms with Gasteiger partial charge in [-0.25, -0.2) is 4.57 Å². The number of carbonyl (C=O) groups is 1. The van der Waals surface area contributed by atoms with E-state index in [9.17, 15) is 39.8 Å². The topological polar surface area (TPSA) is 192 Å². The van der Waals surface area contributed by atoms with E-state index in [0.29, 0.717) is 13.0 Å². The van der Waals surface area contributed by atoms with Gasteiger partial charge in [0, 0.05) is 13.0 Å². The molecule has 6 unspecified atom stereocenters. The number of aliphatic hydroxyl groups is 5. The molecular formula is C40H75O12P. The van der Waals surface area contributed by atoms with Gasteiger partial charge >= 0.3 is 13.8 Å². The number of phosphoric acid groups is 1. The molecule has 6 atom stereocenters. The first-order valence-corrected chi connectivity index (χ1v) is 22.2. The van der Waals surface area contributed by atoms with Crippen LogP contribution in [-0.4, -0.2) is 98.9 Å². The maximum atomic E-state index is 12.7. The predicted octanol–water partition coefficient (Wildman–Crippen LogP) is 7.36. The maximum absolute atomic E-state index is 12.7. The average Bonchev–Trinajstić information content (AvgIpc) is 3.14. The molecule has 0 spiro atoms. The van der Waals surface area contributed by atoms with Gasteiger partial charge in [0.1, 0.15) is 42.7 Å². The van der Waals surface area contributed by atoms with Gasteiger partial charge in [-0.2, -0.15) is 0 Å². The average molecular weight is 779 g/mol. The van der Waals surface area contributed by atoms with Crippen LogP contribution in [0, 0.1) is 0 Å². The molecule has 0 heterocycles. The molecule has 312 valence electrons. The van der Waals surface area contributed by atoms with Crippen LogP contribution in [0.4, 0.5) is 0 Å². The van der Waals surface area contributed by atoms with Crippen molar-refractivity contribution in [2.24, 2.45) is 0 Å². The summed E-state index contributed by atoms with van der Waals surface area (Å²) < 4.78 is 34.0. The molecule has 1 aliphatic carbocycles. The molecule has 0 saturated heterocycles. The van der Waals surface area contributed by atoms with Crippen LogP contribution in [0.3, 0.4) is 0 Å². The second-order valence-corrected chi connectivity index (χ2v) is 15.9. The van der Waals surface area contributed by atoms with Crippen molar-refractivity contribution in [2.45, 2.75) is 204 Å². The lowest BCUT2D eigenvalue weighted by Gasteiger charge is -2.41. The van der Waals surface area contributed by atoms with Gasteiger partial charge in [0.15, 0.2) is 0 Å². The van der Waals surface area contributed by atoms with Crippen LogP contribution in [0.2, 0.25) is 0 Å². The van der Waals surface area contributed by atoms with Crippen LogP contribution >= 0.6 is 7.82 Å². The highest BCUT2D eigenvalue weighted by atomic mass is 31.2. The van der Waals surface area contributed by atoms with Crippen molar-refractivity contribution in [3.8, 4) is 0 Å². The fourth-order valence-electron chi connectivity index (χ4n) is 6.21. The Balaban J connectivity index is 2.45. The second-order valence-electron chi connectivity index (χ2n) is 14.5. The van der Waals surface area contributed by atoms with Gasteiger partial charge in [0.05, 0.1) is 13.2 Å². The number of aliphatic hydroxyl groups excluding tert-OH is 5. The highest BCUT2D eigenvalue weighted by molar-refractivity contribution is 7.47. The van der Waals surface area contributed by atoms with Crippen LogP contribution in [0.25, 0.3) is 0 Å². The van der Waals surface area contributed by atoms with E-state index >= 15 is 0 Å². The Kier molecular flexibility index (Phi) is 30.1. The molecular weight excluding hydrogens is 703 g/mol. The Morgan fingerprint density at radius 2 is 1.06 bits per heavy atom. The summed E-state index contributed by atoms with van der Waals surface area (Å²) in [6.45, 7) is 4.20. The number of rotatable bonds is 34. The molecule has 1 aliphatic rings. The fourth-order valence-corrected chi connectivity index (χ4v) is 7.18. The smallest absolute Gasteiger partial charge is 0.457 e. The SMILES string of the molecule is CCCCCC/C=C\C/C=C\CCCCCCCC(=O)OC(COCCCCCCCCCCCC)COP(=O)(O)OC1C(O)C(O)C(O)C(O)C1O. The lowest BCUT2D eigenvalue weighted by atomic mass is 9.85. The van der Waals surface area contributed by atoms with Gasteiger partial charge in [-0.05, 0) is 44.9 Å². The zero-order valence-electron chi connectivity index (χ0n) is 32.8. The Morgan fingerprint density at radius 1 is 0.604 bits per heavy atom. The summed E-state index contributed by atoms with van der Waals surface area (Å²) in [6.07, 6.45) is 21.1. The normalized spacial score (nSPS) is 23.8. The Bertz CT molecular complexity index is 979. The number of ether oxygens (including phenoxy) is 2. The van der Waals surface area contributed by atoms with Gasteiger partial charge in [0.25, 0.3) is 0 Å². The minimum atomic E-state index is -5.01.